The van der Waals surface area contributed by atoms with Crippen LogP contribution in [-0.4, -0.2) is 52.6 Å². The summed E-state index contributed by atoms with van der Waals surface area (Å²) in [6, 6.07) is 5.58. The minimum absolute atomic E-state index is 0.0816. The molecule has 1 aromatic carbocycles. The van der Waals surface area contributed by atoms with E-state index in [2.05, 4.69) is 15.5 Å². The summed E-state index contributed by atoms with van der Waals surface area (Å²) >= 11 is 1.33. The second-order valence-electron chi connectivity index (χ2n) is 7.60. The van der Waals surface area contributed by atoms with Crippen molar-refractivity contribution in [3.05, 3.63) is 29.6 Å². The van der Waals surface area contributed by atoms with Gasteiger partial charge in [-0.2, -0.15) is 0 Å². The van der Waals surface area contributed by atoms with Crippen LogP contribution in [0.25, 0.3) is 0 Å². The standard InChI is InChI=1S/C19H24N4O5S2/c1-12(18(24)20-9-13-3-4-15-16(7-13)28-11-27-15)29-19-22-21-17(23(19)2)8-14-5-6-30(25,26)10-14/h3-4,7,12,14H,5-6,8-11H2,1-2H3,(H,20,24)/t12-,14+/m0/s1. The molecule has 162 valence electrons. The highest BCUT2D eigenvalue weighted by Crippen LogP contribution is 2.32. The summed E-state index contributed by atoms with van der Waals surface area (Å²) in [5, 5.41) is 11.6. The van der Waals surface area contributed by atoms with Gasteiger partial charge < -0.3 is 19.4 Å². The number of fused-ring (bicyclic) bond motifs is 1. The first-order valence-electron chi connectivity index (χ1n) is 9.72. The molecular formula is C19H24N4O5S2. The number of thioether (sulfide) groups is 1. The van der Waals surface area contributed by atoms with E-state index in [1.54, 1.807) is 0 Å². The third-order valence-corrected chi connectivity index (χ3v) is 8.25. The summed E-state index contributed by atoms with van der Waals surface area (Å²) in [5.74, 6) is 2.57. The first-order valence-corrected chi connectivity index (χ1v) is 12.4. The van der Waals surface area contributed by atoms with E-state index in [9.17, 15) is 13.2 Å². The molecule has 1 fully saturated rings. The third-order valence-electron chi connectivity index (χ3n) is 5.28. The molecule has 2 aliphatic rings. The number of ether oxygens (including phenoxy) is 2. The molecule has 1 amide bonds. The predicted molar refractivity (Wildman–Crippen MR) is 111 cm³/mol. The highest BCUT2D eigenvalue weighted by Gasteiger charge is 2.29. The Labute approximate surface area is 179 Å². The predicted octanol–water partition coefficient (Wildman–Crippen LogP) is 1.32. The molecule has 0 bridgehead atoms. The molecule has 3 heterocycles. The van der Waals surface area contributed by atoms with Crippen molar-refractivity contribution in [1.29, 1.82) is 0 Å². The molecule has 1 N–H and O–H groups in total. The van der Waals surface area contributed by atoms with Gasteiger partial charge in [0.25, 0.3) is 0 Å². The summed E-state index contributed by atoms with van der Waals surface area (Å²) < 4.78 is 35.8. The van der Waals surface area contributed by atoms with Crippen LogP contribution in [0.4, 0.5) is 0 Å². The normalized spacial score (nSPS) is 20.3. The molecule has 2 aromatic rings. The van der Waals surface area contributed by atoms with E-state index in [0.29, 0.717) is 36.0 Å². The van der Waals surface area contributed by atoms with Gasteiger partial charge in [-0.25, -0.2) is 8.42 Å². The van der Waals surface area contributed by atoms with Crippen molar-refractivity contribution in [3.8, 4) is 11.5 Å². The average molecular weight is 453 g/mol. The van der Waals surface area contributed by atoms with Gasteiger partial charge in [0.2, 0.25) is 12.7 Å². The number of rotatable bonds is 7. The fourth-order valence-electron chi connectivity index (χ4n) is 3.51. The molecule has 11 heteroatoms. The molecule has 0 spiro atoms. The van der Waals surface area contributed by atoms with Gasteiger partial charge in [-0.05, 0) is 37.0 Å². The maximum absolute atomic E-state index is 12.5. The zero-order valence-electron chi connectivity index (χ0n) is 16.8. The topological polar surface area (TPSA) is 112 Å². The number of nitrogens with one attached hydrogen (secondary N) is 1. The monoisotopic (exact) mass is 452 g/mol. The Kier molecular flexibility index (Phi) is 5.92. The minimum Gasteiger partial charge on any atom is -0.454 e. The Morgan fingerprint density at radius 3 is 2.90 bits per heavy atom. The van der Waals surface area contributed by atoms with Gasteiger partial charge in [0, 0.05) is 20.0 Å². The highest BCUT2D eigenvalue weighted by molar-refractivity contribution is 8.00. The van der Waals surface area contributed by atoms with Crippen molar-refractivity contribution >= 4 is 27.5 Å². The average Bonchev–Trinajstić information content (AvgIpc) is 3.40. The SMILES string of the molecule is C[C@H](Sc1nnc(C[C@H]2CCS(=O)(=O)C2)n1C)C(=O)NCc1ccc2c(c1)OCO2. The maximum Gasteiger partial charge on any atom is 0.233 e. The molecule has 0 unspecified atom stereocenters. The first kappa shape index (κ1) is 21.0. The molecule has 9 nitrogen and oxygen atoms in total. The molecule has 0 radical (unpaired) electrons. The largest absolute Gasteiger partial charge is 0.454 e. The van der Waals surface area contributed by atoms with Crippen molar-refractivity contribution in [2.75, 3.05) is 18.3 Å². The van der Waals surface area contributed by atoms with Crippen LogP contribution in [0, 0.1) is 5.92 Å². The quantitative estimate of drug-likeness (QED) is 0.626. The zero-order chi connectivity index (χ0) is 21.3. The Bertz CT molecular complexity index is 1050. The summed E-state index contributed by atoms with van der Waals surface area (Å²) in [5.41, 5.74) is 0.928. The van der Waals surface area contributed by atoms with Crippen LogP contribution in [-0.2, 0) is 34.6 Å². The van der Waals surface area contributed by atoms with Crippen LogP contribution >= 0.6 is 11.8 Å². The fourth-order valence-corrected chi connectivity index (χ4v) is 6.23. The van der Waals surface area contributed by atoms with Crippen molar-refractivity contribution in [2.45, 2.75) is 36.7 Å². The number of sulfone groups is 1. The smallest absolute Gasteiger partial charge is 0.233 e. The van der Waals surface area contributed by atoms with Gasteiger partial charge in [-0.1, -0.05) is 17.8 Å². The second kappa shape index (κ2) is 8.46. The minimum atomic E-state index is -2.91. The van der Waals surface area contributed by atoms with Crippen LogP contribution in [0.2, 0.25) is 0 Å². The molecule has 0 aliphatic carbocycles. The summed E-state index contributed by atoms with van der Waals surface area (Å²) in [6.45, 7) is 2.42. The zero-order valence-corrected chi connectivity index (χ0v) is 18.5. The number of carbonyl (C=O) groups excluding carboxylic acids is 1. The van der Waals surface area contributed by atoms with E-state index in [1.165, 1.54) is 11.8 Å². The molecule has 4 rings (SSSR count). The van der Waals surface area contributed by atoms with E-state index in [0.717, 1.165) is 11.4 Å². The van der Waals surface area contributed by atoms with Gasteiger partial charge in [0.1, 0.15) is 5.82 Å². The number of nitrogens with zero attached hydrogens (tertiary/aromatic N) is 3. The Morgan fingerprint density at radius 2 is 2.13 bits per heavy atom. The molecule has 30 heavy (non-hydrogen) atoms. The van der Waals surface area contributed by atoms with E-state index < -0.39 is 9.84 Å². The Balaban J connectivity index is 1.30. The molecular weight excluding hydrogens is 428 g/mol. The number of aromatic nitrogens is 3. The summed E-state index contributed by atoms with van der Waals surface area (Å²) in [7, 11) is -1.07. The number of hydrogen-bond donors (Lipinski definition) is 1. The van der Waals surface area contributed by atoms with Crippen LogP contribution in [0.1, 0.15) is 24.7 Å². The summed E-state index contributed by atoms with van der Waals surface area (Å²) in [4.78, 5) is 12.5. The van der Waals surface area contributed by atoms with Crippen molar-refractivity contribution in [1.82, 2.24) is 20.1 Å². The van der Waals surface area contributed by atoms with Crippen molar-refractivity contribution < 1.29 is 22.7 Å². The van der Waals surface area contributed by atoms with Gasteiger partial charge in [-0.15, -0.1) is 10.2 Å². The van der Waals surface area contributed by atoms with Gasteiger partial charge >= 0.3 is 0 Å². The number of carbonyl (C=O) groups is 1. The fraction of sp³-hybridized carbons (Fsp3) is 0.526. The number of hydrogen-bond acceptors (Lipinski definition) is 8. The van der Waals surface area contributed by atoms with Gasteiger partial charge in [-0.3, -0.25) is 4.79 Å². The Morgan fingerprint density at radius 1 is 1.33 bits per heavy atom. The molecule has 1 aromatic heterocycles. The molecule has 0 saturated carbocycles. The van der Waals surface area contributed by atoms with E-state index in [4.69, 9.17) is 9.47 Å². The van der Waals surface area contributed by atoms with E-state index in [-0.39, 0.29) is 35.4 Å². The lowest BCUT2D eigenvalue weighted by atomic mass is 10.1. The highest BCUT2D eigenvalue weighted by atomic mass is 32.2. The van der Waals surface area contributed by atoms with Crippen molar-refractivity contribution in [3.63, 3.8) is 0 Å². The van der Waals surface area contributed by atoms with Gasteiger partial charge in [0.05, 0.1) is 16.8 Å². The lowest BCUT2D eigenvalue weighted by molar-refractivity contribution is -0.120. The molecule has 2 atom stereocenters. The molecule has 2 aliphatic heterocycles. The van der Waals surface area contributed by atoms with Crippen molar-refractivity contribution in [2.24, 2.45) is 13.0 Å². The van der Waals surface area contributed by atoms with E-state index in [1.807, 2.05) is 36.7 Å². The van der Waals surface area contributed by atoms with E-state index >= 15 is 0 Å². The van der Waals surface area contributed by atoms with Crippen LogP contribution in [0.3, 0.4) is 0 Å². The summed E-state index contributed by atoms with van der Waals surface area (Å²) in [6.07, 6.45) is 1.24. The molecule has 1 saturated heterocycles. The number of benzene rings is 1. The van der Waals surface area contributed by atoms with Crippen LogP contribution < -0.4 is 14.8 Å². The Hall–Kier alpha value is -2.27. The second-order valence-corrected chi connectivity index (χ2v) is 11.1. The first-order chi connectivity index (χ1) is 14.3. The maximum atomic E-state index is 12.5. The lowest BCUT2D eigenvalue weighted by Gasteiger charge is -2.12. The van der Waals surface area contributed by atoms with Crippen LogP contribution in [0.15, 0.2) is 23.4 Å². The number of amides is 1. The van der Waals surface area contributed by atoms with Gasteiger partial charge in [0.15, 0.2) is 26.5 Å². The third kappa shape index (κ3) is 4.72. The lowest BCUT2D eigenvalue weighted by Crippen LogP contribution is -2.30. The van der Waals surface area contributed by atoms with Crippen LogP contribution in [0.5, 0.6) is 11.5 Å².